The van der Waals surface area contributed by atoms with E-state index in [0.29, 0.717) is 19.3 Å². The van der Waals surface area contributed by atoms with Gasteiger partial charge in [-0.1, -0.05) is 65.8 Å². The van der Waals surface area contributed by atoms with Crippen LogP contribution in [0.3, 0.4) is 0 Å². The zero-order valence-electron chi connectivity index (χ0n) is 24.1. The van der Waals surface area contributed by atoms with Crippen LogP contribution in [0.5, 0.6) is 0 Å². The Hall–Kier alpha value is -4.16. The number of benzene rings is 2. The van der Waals surface area contributed by atoms with E-state index in [1.807, 2.05) is 41.5 Å². The molecule has 12 heteroatoms. The van der Waals surface area contributed by atoms with Crippen molar-refractivity contribution in [2.75, 3.05) is 13.2 Å². The summed E-state index contributed by atoms with van der Waals surface area (Å²) in [7, 11) is 0. The van der Waals surface area contributed by atoms with E-state index in [1.165, 1.54) is 0 Å². The summed E-state index contributed by atoms with van der Waals surface area (Å²) in [6.45, 7) is 12.2. The summed E-state index contributed by atoms with van der Waals surface area (Å²) >= 11 is 0. The van der Waals surface area contributed by atoms with Gasteiger partial charge in [-0.15, -0.1) is 0 Å². The quantitative estimate of drug-likeness (QED) is 0.118. The highest BCUT2D eigenvalue weighted by Crippen LogP contribution is 2.23. The van der Waals surface area contributed by atoms with E-state index in [2.05, 4.69) is 29.6 Å². The normalized spacial score (nSPS) is 11.3. The predicted molar refractivity (Wildman–Crippen MR) is 142 cm³/mol. The highest BCUT2D eigenvalue weighted by molar-refractivity contribution is 5.89. The summed E-state index contributed by atoms with van der Waals surface area (Å²) in [6, 6.07) is 13.5. The highest BCUT2D eigenvalue weighted by Gasteiger charge is 2.18. The van der Waals surface area contributed by atoms with Crippen molar-refractivity contribution in [2.45, 2.75) is 71.6 Å². The van der Waals surface area contributed by atoms with E-state index in [-0.39, 0.29) is 35.2 Å². The number of hydrogen-bond acceptors (Lipinski definition) is 12. The first-order valence-electron chi connectivity index (χ1n) is 12.9. The summed E-state index contributed by atoms with van der Waals surface area (Å²) < 4.78 is 9.53. The molecule has 0 N–H and O–H groups in total. The van der Waals surface area contributed by atoms with Crippen LogP contribution in [-0.4, -0.2) is 37.5 Å². The summed E-state index contributed by atoms with van der Waals surface area (Å²) in [5.41, 5.74) is 2.36. The van der Waals surface area contributed by atoms with Crippen LogP contribution in [0.4, 0.5) is 9.59 Å². The zero-order chi connectivity index (χ0) is 30.5. The summed E-state index contributed by atoms with van der Waals surface area (Å²) in [4.78, 5) is 64.2. The highest BCUT2D eigenvalue weighted by atomic mass is 17.5. The van der Waals surface area contributed by atoms with Gasteiger partial charge in [0.15, 0.2) is 0 Å². The molecule has 0 heterocycles. The van der Waals surface area contributed by atoms with Crippen molar-refractivity contribution in [3.05, 3.63) is 70.8 Å². The van der Waals surface area contributed by atoms with Crippen LogP contribution in [0.2, 0.25) is 0 Å². The monoisotopic (exact) mass is 576 g/mol. The molecule has 0 bridgehead atoms. The Kier molecular flexibility index (Phi) is 12.6. The molecule has 2 rings (SSSR count). The third-order valence-electron chi connectivity index (χ3n) is 5.63. The molecule has 0 unspecified atom stereocenters. The molecule has 0 atom stereocenters. The first-order valence-corrected chi connectivity index (χ1v) is 12.9. The number of carbonyl (C=O) groups is 4. The standard InChI is InChI=1S/C29H36O12/c1-28(2,3)22-14-10-20(11-15-22)24(30)36-40-38-26(32)34-18-8-7-9-19-35-27(33)39-41-37-25(31)21-12-16-23(17-13-21)29(4,5)6/h10-17H,7-9,18-19H2,1-6H3. The lowest BCUT2D eigenvalue weighted by atomic mass is 9.87. The summed E-state index contributed by atoms with van der Waals surface area (Å²) in [6.07, 6.45) is -1.05. The van der Waals surface area contributed by atoms with Crippen LogP contribution in [-0.2, 0) is 49.9 Å². The molecule has 0 spiro atoms. The maximum Gasteiger partial charge on any atom is 0.543 e. The molecular formula is C29H36O12. The first-order chi connectivity index (χ1) is 19.3. The van der Waals surface area contributed by atoms with Gasteiger partial charge in [0.05, 0.1) is 34.4 Å². The number of ether oxygens (including phenoxy) is 2. The van der Waals surface area contributed by atoms with E-state index in [4.69, 9.17) is 9.47 Å². The fraction of sp³-hybridized carbons (Fsp3) is 0.448. The summed E-state index contributed by atoms with van der Waals surface area (Å²) in [5, 5.41) is 8.36. The molecule has 0 aromatic heterocycles. The lowest BCUT2D eigenvalue weighted by molar-refractivity contribution is -0.452. The topological polar surface area (TPSA) is 142 Å². The number of hydrogen-bond donors (Lipinski definition) is 0. The molecule has 0 aliphatic rings. The van der Waals surface area contributed by atoms with Crippen LogP contribution >= 0.6 is 0 Å². The fourth-order valence-corrected chi connectivity index (χ4v) is 3.20. The van der Waals surface area contributed by atoms with E-state index in [0.717, 1.165) is 11.1 Å². The maximum absolute atomic E-state index is 11.9. The van der Waals surface area contributed by atoms with Crippen LogP contribution in [0, 0.1) is 0 Å². The Balaban J connectivity index is 1.48. The minimum Gasteiger partial charge on any atom is -0.432 e. The average molecular weight is 577 g/mol. The van der Waals surface area contributed by atoms with Gasteiger partial charge in [-0.2, -0.15) is 0 Å². The lowest BCUT2D eigenvalue weighted by Gasteiger charge is -2.18. The molecule has 0 aliphatic heterocycles. The van der Waals surface area contributed by atoms with E-state index in [9.17, 15) is 19.2 Å². The second-order valence-electron chi connectivity index (χ2n) is 11.0. The Morgan fingerprint density at radius 1 is 0.512 bits per heavy atom. The predicted octanol–water partition coefficient (Wildman–Crippen LogP) is 6.47. The Morgan fingerprint density at radius 2 is 0.854 bits per heavy atom. The second-order valence-corrected chi connectivity index (χ2v) is 11.0. The van der Waals surface area contributed by atoms with Gasteiger partial charge in [0.1, 0.15) is 0 Å². The van der Waals surface area contributed by atoms with Crippen molar-refractivity contribution >= 4 is 24.2 Å². The van der Waals surface area contributed by atoms with Crippen molar-refractivity contribution in [3.8, 4) is 0 Å². The molecule has 224 valence electrons. The fourth-order valence-electron chi connectivity index (χ4n) is 3.20. The van der Waals surface area contributed by atoms with Crippen LogP contribution in [0.1, 0.15) is 92.6 Å². The number of carbonyl (C=O) groups excluding carboxylic acids is 4. The molecule has 0 radical (unpaired) electrons. The molecule has 2 aromatic carbocycles. The zero-order valence-corrected chi connectivity index (χ0v) is 24.1. The van der Waals surface area contributed by atoms with Crippen molar-refractivity contribution in [1.82, 2.24) is 0 Å². The molecule has 0 saturated carbocycles. The van der Waals surface area contributed by atoms with Gasteiger partial charge in [-0.3, -0.25) is 9.78 Å². The lowest BCUT2D eigenvalue weighted by Crippen LogP contribution is -2.14. The first kappa shape index (κ1) is 33.0. The van der Waals surface area contributed by atoms with Crippen LogP contribution < -0.4 is 0 Å². The molecule has 41 heavy (non-hydrogen) atoms. The third kappa shape index (κ3) is 12.3. The molecule has 0 fully saturated rings. The number of unbranched alkanes of at least 4 members (excludes halogenated alkanes) is 2. The van der Waals surface area contributed by atoms with Crippen molar-refractivity contribution in [1.29, 1.82) is 0 Å². The molecule has 2 aromatic rings. The van der Waals surface area contributed by atoms with Crippen LogP contribution in [0.15, 0.2) is 48.5 Å². The average Bonchev–Trinajstić information content (AvgIpc) is 2.91. The van der Waals surface area contributed by atoms with Gasteiger partial charge in [0.2, 0.25) is 0 Å². The molecule has 12 nitrogen and oxygen atoms in total. The SMILES string of the molecule is CC(C)(C)c1ccc(C(=O)OOOC(=O)OCCCCCOC(=O)OOOC(=O)c2ccc(C(C)(C)C)cc2)cc1. The summed E-state index contributed by atoms with van der Waals surface area (Å²) in [5.74, 6) is -1.68. The van der Waals surface area contributed by atoms with Crippen molar-refractivity contribution in [3.63, 3.8) is 0 Å². The van der Waals surface area contributed by atoms with Gasteiger partial charge in [-0.05, 0) is 65.5 Å². The van der Waals surface area contributed by atoms with Crippen LogP contribution in [0.25, 0.3) is 0 Å². The van der Waals surface area contributed by atoms with Crippen molar-refractivity contribution in [2.24, 2.45) is 0 Å². The smallest absolute Gasteiger partial charge is 0.432 e. The Morgan fingerprint density at radius 3 is 1.17 bits per heavy atom. The van der Waals surface area contributed by atoms with Gasteiger partial charge < -0.3 is 9.47 Å². The molecule has 0 saturated heterocycles. The van der Waals surface area contributed by atoms with Gasteiger partial charge in [-0.25, -0.2) is 29.0 Å². The maximum atomic E-state index is 11.9. The Labute approximate surface area is 238 Å². The molecule has 0 aliphatic carbocycles. The molecular weight excluding hydrogens is 540 g/mol. The number of rotatable bonds is 12. The van der Waals surface area contributed by atoms with Gasteiger partial charge in [0, 0.05) is 0 Å². The largest absolute Gasteiger partial charge is 0.543 e. The minimum absolute atomic E-state index is 0.0232. The third-order valence-corrected chi connectivity index (χ3v) is 5.63. The minimum atomic E-state index is -1.20. The second kappa shape index (κ2) is 15.6. The Bertz CT molecular complexity index is 1050. The van der Waals surface area contributed by atoms with Crippen molar-refractivity contribution < 1.29 is 58.3 Å². The van der Waals surface area contributed by atoms with Gasteiger partial charge >= 0.3 is 24.2 Å². The molecule has 0 amide bonds. The van der Waals surface area contributed by atoms with E-state index >= 15 is 0 Å². The van der Waals surface area contributed by atoms with Gasteiger partial charge in [0.25, 0.3) is 0 Å². The van der Waals surface area contributed by atoms with E-state index < -0.39 is 24.2 Å². The van der Waals surface area contributed by atoms with E-state index in [1.54, 1.807) is 48.5 Å².